The van der Waals surface area contributed by atoms with Crippen LogP contribution in [0.25, 0.3) is 0 Å². The minimum absolute atomic E-state index is 0.196. The molecule has 0 aliphatic rings. The molecule has 0 fully saturated rings. The Balaban J connectivity index is 3.45. The summed E-state index contributed by atoms with van der Waals surface area (Å²) < 4.78 is 6.27. The summed E-state index contributed by atoms with van der Waals surface area (Å²) in [5.74, 6) is -0.196. The molecule has 0 saturated heterocycles. The fraction of sp³-hybridized carbons (Fsp3) is 0.500. The molecule has 1 amide bonds. The van der Waals surface area contributed by atoms with Crippen molar-refractivity contribution in [3.63, 3.8) is 0 Å². The SMILES string of the molecule is CCC(=O)N=N[I-][NH+]=CN. The van der Waals surface area contributed by atoms with Crippen LogP contribution in [0, 0.1) is 0 Å². The van der Waals surface area contributed by atoms with Gasteiger partial charge in [0.25, 0.3) is 0 Å². The van der Waals surface area contributed by atoms with Gasteiger partial charge in [0.05, 0.1) is 0 Å². The summed E-state index contributed by atoms with van der Waals surface area (Å²) in [6.07, 6.45) is 1.70. The Morgan fingerprint density at radius 2 is 2.60 bits per heavy atom. The van der Waals surface area contributed by atoms with Crippen LogP contribution in [-0.2, 0) is 4.79 Å². The van der Waals surface area contributed by atoms with E-state index in [-0.39, 0.29) is 5.91 Å². The van der Waals surface area contributed by atoms with Crippen LogP contribution in [0.15, 0.2) is 8.44 Å². The molecule has 0 aliphatic carbocycles. The maximum atomic E-state index is 10.5. The summed E-state index contributed by atoms with van der Waals surface area (Å²) in [6.45, 7) is 1.74. The zero-order chi connectivity index (χ0) is 7.82. The van der Waals surface area contributed by atoms with Crippen molar-refractivity contribution in [2.45, 2.75) is 13.3 Å². The minimum atomic E-state index is -0.608. The van der Waals surface area contributed by atoms with E-state index in [2.05, 4.69) is 11.6 Å². The molecule has 3 N–H and O–H groups in total. The predicted octanol–water partition coefficient (Wildman–Crippen LogP) is -4.64. The van der Waals surface area contributed by atoms with Gasteiger partial charge in [0, 0.05) is 0 Å². The van der Waals surface area contributed by atoms with E-state index in [4.69, 9.17) is 5.73 Å². The van der Waals surface area contributed by atoms with Gasteiger partial charge in [-0.3, -0.25) is 0 Å². The molecule has 0 aliphatic heterocycles. The Kier molecular flexibility index (Phi) is 6.24. The third-order valence-electron chi connectivity index (χ3n) is 0.601. The van der Waals surface area contributed by atoms with Crippen LogP contribution in [-0.4, -0.2) is 12.2 Å². The molecule has 0 aromatic rings. The first-order valence-electron chi connectivity index (χ1n) is 2.67. The van der Waals surface area contributed by atoms with Crippen molar-refractivity contribution >= 4 is 12.2 Å². The van der Waals surface area contributed by atoms with Crippen molar-refractivity contribution in [3.8, 4) is 0 Å². The van der Waals surface area contributed by atoms with Crippen molar-refractivity contribution in [2.75, 3.05) is 0 Å². The predicted molar refractivity (Wildman–Crippen MR) is 31.4 cm³/mol. The molecule has 58 valence electrons. The number of carbonyl (C=O) groups excluding carboxylic acids is 1. The molecule has 0 bridgehead atoms. The van der Waals surface area contributed by atoms with Crippen LogP contribution in [0.5, 0.6) is 0 Å². The second-order valence-corrected chi connectivity index (χ2v) is 2.82. The van der Waals surface area contributed by atoms with Gasteiger partial charge in [-0.05, 0) is 0 Å². The average Bonchev–Trinajstić information content (AvgIpc) is 1.98. The number of nitrogens with one attached hydrogen (secondary N) is 1. The van der Waals surface area contributed by atoms with E-state index in [0.717, 1.165) is 0 Å². The van der Waals surface area contributed by atoms with Crippen LogP contribution in [0.1, 0.15) is 13.3 Å². The number of halogens is 1. The molecule has 0 heterocycles. The van der Waals surface area contributed by atoms with E-state index in [9.17, 15) is 4.79 Å². The third kappa shape index (κ3) is 5.60. The Bertz CT molecular complexity index is 155. The van der Waals surface area contributed by atoms with E-state index in [1.165, 1.54) is 6.34 Å². The average molecular weight is 256 g/mol. The van der Waals surface area contributed by atoms with Gasteiger partial charge < -0.3 is 0 Å². The topological polar surface area (TPSA) is 81.8 Å². The van der Waals surface area contributed by atoms with Crippen molar-refractivity contribution in [1.29, 1.82) is 0 Å². The zero-order valence-electron chi connectivity index (χ0n) is 5.54. The number of amides is 1. The van der Waals surface area contributed by atoms with Gasteiger partial charge in [0.1, 0.15) is 0 Å². The molecule has 0 radical (unpaired) electrons. The fourth-order valence-corrected chi connectivity index (χ4v) is 0.816. The monoisotopic (exact) mass is 256 g/mol. The number of hydrogen-bond acceptors (Lipinski definition) is 2. The Morgan fingerprint density at radius 3 is 3.10 bits per heavy atom. The van der Waals surface area contributed by atoms with Gasteiger partial charge in [-0.25, -0.2) is 0 Å². The summed E-state index contributed by atoms with van der Waals surface area (Å²) in [4.78, 5) is 10.5. The third-order valence-corrected chi connectivity index (χ3v) is 1.67. The summed E-state index contributed by atoms with van der Waals surface area (Å²) in [5.41, 5.74) is 4.98. The molecule has 0 aromatic carbocycles. The summed E-state index contributed by atoms with van der Waals surface area (Å²) in [7, 11) is 0. The van der Waals surface area contributed by atoms with Gasteiger partial charge in [-0.2, -0.15) is 0 Å². The second kappa shape index (κ2) is 6.59. The van der Waals surface area contributed by atoms with Gasteiger partial charge in [-0.15, -0.1) is 0 Å². The number of nitrogens with two attached hydrogens (primary N) is 1. The molecule has 5 nitrogen and oxygen atoms in total. The molecule has 0 aromatic heterocycles. The summed E-state index contributed by atoms with van der Waals surface area (Å²) in [5, 5.41) is 3.38. The molecular weight excluding hydrogens is 247 g/mol. The van der Waals surface area contributed by atoms with Gasteiger partial charge >= 0.3 is 69.5 Å². The first kappa shape index (κ1) is 9.47. The normalized spacial score (nSPS) is 11.7. The van der Waals surface area contributed by atoms with Crippen molar-refractivity contribution in [1.82, 2.24) is 0 Å². The number of hydrogen-bond donors (Lipinski definition) is 2. The van der Waals surface area contributed by atoms with E-state index in [0.29, 0.717) is 6.42 Å². The van der Waals surface area contributed by atoms with Crippen LogP contribution < -0.4 is 30.7 Å². The van der Waals surface area contributed by atoms with Crippen LogP contribution in [0.3, 0.4) is 0 Å². The molecule has 0 rings (SSSR count). The molecule has 0 unspecified atom stereocenters. The number of nitrogens with zero attached hydrogens (tertiary/aromatic N) is 2. The molecule has 0 saturated carbocycles. The van der Waals surface area contributed by atoms with E-state index >= 15 is 0 Å². The first-order valence-corrected chi connectivity index (χ1v) is 4.71. The van der Waals surface area contributed by atoms with Crippen molar-refractivity contribution in [2.24, 2.45) is 14.2 Å². The first-order chi connectivity index (χ1) is 4.81. The summed E-state index contributed by atoms with van der Waals surface area (Å²) >= 11 is -0.608. The van der Waals surface area contributed by atoms with E-state index in [1.807, 2.05) is 0 Å². The van der Waals surface area contributed by atoms with Gasteiger partial charge in [0.15, 0.2) is 0 Å². The molecule has 0 spiro atoms. The van der Waals surface area contributed by atoms with Gasteiger partial charge in [0.2, 0.25) is 0 Å². The van der Waals surface area contributed by atoms with Crippen molar-refractivity contribution in [3.05, 3.63) is 0 Å². The van der Waals surface area contributed by atoms with E-state index < -0.39 is 21.8 Å². The second-order valence-electron chi connectivity index (χ2n) is 1.28. The van der Waals surface area contributed by atoms with Crippen LogP contribution >= 0.6 is 0 Å². The quantitative estimate of drug-likeness (QED) is 0.175. The zero-order valence-corrected chi connectivity index (χ0v) is 7.70. The summed E-state index contributed by atoms with van der Waals surface area (Å²) in [6, 6.07) is 0. The van der Waals surface area contributed by atoms with Crippen LogP contribution in [0.2, 0.25) is 0 Å². The van der Waals surface area contributed by atoms with Crippen LogP contribution in [0.4, 0.5) is 0 Å². The fourth-order valence-electron chi connectivity index (χ4n) is 0.182. The number of rotatable bonds is 3. The Morgan fingerprint density at radius 1 is 1.90 bits per heavy atom. The Hall–Kier alpha value is -0.530. The Labute approximate surface area is 69.8 Å². The molecule has 6 heteroatoms. The van der Waals surface area contributed by atoms with Gasteiger partial charge in [-0.1, -0.05) is 0 Å². The van der Waals surface area contributed by atoms with Crippen molar-refractivity contribution < 1.29 is 29.8 Å². The maximum absolute atomic E-state index is 10.5. The number of carbonyl (C=O) groups is 1. The standard InChI is InChI=1S/C4H9IN4O/c1-2-4(10)8-9-5-7-3-6/h3,7H,2,6H2,1H3. The molecule has 10 heavy (non-hydrogen) atoms. The molecule has 0 atom stereocenters. The molecular formula is C4H9IN4O. The van der Waals surface area contributed by atoms with E-state index in [1.54, 1.807) is 6.92 Å².